The minimum atomic E-state index is -0.577. The molecule has 1 fully saturated rings. The number of rotatable bonds is 4. The van der Waals surface area contributed by atoms with Gasteiger partial charge in [-0.05, 0) is 25.5 Å². The zero-order chi connectivity index (χ0) is 17.9. The Balaban J connectivity index is 1.57. The highest BCUT2D eigenvalue weighted by Crippen LogP contribution is 2.32. The Morgan fingerprint density at radius 1 is 1.19 bits per heavy atom. The van der Waals surface area contributed by atoms with Crippen LogP contribution >= 0.6 is 0 Å². The third-order valence-corrected chi connectivity index (χ3v) is 4.52. The van der Waals surface area contributed by atoms with Crippen LogP contribution in [0.15, 0.2) is 41.3 Å². The fraction of sp³-hybridized carbons (Fsp3) is 0.333. The molecule has 1 atom stereocenters. The standard InChI is InChI=1S/C18H17F2N5O/c19-13-5-4-12(14(20)9-13)11-25-8-2-1-3-16(25)18-23-17(24-26-18)15-10-21-6-7-22-15/h4-7,9-10,16H,1-3,8,11H2/t16-/m0/s1. The van der Waals surface area contributed by atoms with E-state index in [9.17, 15) is 8.78 Å². The minimum Gasteiger partial charge on any atom is -0.337 e. The van der Waals surface area contributed by atoms with E-state index >= 15 is 0 Å². The first-order chi connectivity index (χ1) is 12.7. The molecule has 8 heteroatoms. The summed E-state index contributed by atoms with van der Waals surface area (Å²) in [5, 5.41) is 3.99. The second-order valence-corrected chi connectivity index (χ2v) is 6.26. The maximum Gasteiger partial charge on any atom is 0.244 e. The highest BCUT2D eigenvalue weighted by molar-refractivity contribution is 5.45. The van der Waals surface area contributed by atoms with Crippen LogP contribution in [0.1, 0.15) is 36.8 Å². The van der Waals surface area contributed by atoms with E-state index in [2.05, 4.69) is 25.0 Å². The summed E-state index contributed by atoms with van der Waals surface area (Å²) in [4.78, 5) is 14.7. The van der Waals surface area contributed by atoms with Gasteiger partial charge in [-0.25, -0.2) is 13.8 Å². The van der Waals surface area contributed by atoms with Gasteiger partial charge in [0.2, 0.25) is 11.7 Å². The summed E-state index contributed by atoms with van der Waals surface area (Å²) in [6.45, 7) is 1.14. The number of halogens is 2. The van der Waals surface area contributed by atoms with Crippen molar-refractivity contribution in [2.24, 2.45) is 0 Å². The molecule has 3 heterocycles. The van der Waals surface area contributed by atoms with Crippen molar-refractivity contribution in [1.82, 2.24) is 25.0 Å². The number of aromatic nitrogens is 4. The molecular weight excluding hydrogens is 340 g/mol. The molecule has 0 spiro atoms. The van der Waals surface area contributed by atoms with E-state index in [0.717, 1.165) is 31.9 Å². The quantitative estimate of drug-likeness (QED) is 0.712. The van der Waals surface area contributed by atoms with E-state index in [0.29, 0.717) is 29.5 Å². The maximum absolute atomic E-state index is 14.0. The molecule has 0 amide bonds. The highest BCUT2D eigenvalue weighted by atomic mass is 19.1. The van der Waals surface area contributed by atoms with Gasteiger partial charge in [-0.15, -0.1) is 0 Å². The molecule has 0 saturated carbocycles. The summed E-state index contributed by atoms with van der Waals surface area (Å²) >= 11 is 0. The average Bonchev–Trinajstić information content (AvgIpc) is 3.15. The predicted octanol–water partition coefficient (Wildman–Crippen LogP) is 3.53. The van der Waals surface area contributed by atoms with Crippen molar-refractivity contribution in [3.8, 4) is 11.5 Å². The molecule has 26 heavy (non-hydrogen) atoms. The Morgan fingerprint density at radius 3 is 2.92 bits per heavy atom. The molecule has 134 valence electrons. The van der Waals surface area contributed by atoms with E-state index in [1.54, 1.807) is 18.6 Å². The van der Waals surface area contributed by atoms with Crippen LogP contribution in [0, 0.1) is 11.6 Å². The first kappa shape index (κ1) is 16.7. The number of piperidine rings is 1. The Morgan fingerprint density at radius 2 is 2.12 bits per heavy atom. The lowest BCUT2D eigenvalue weighted by molar-refractivity contribution is 0.110. The molecule has 1 aliphatic heterocycles. The van der Waals surface area contributed by atoms with Crippen LogP contribution in [0.3, 0.4) is 0 Å². The molecule has 0 bridgehead atoms. The van der Waals surface area contributed by atoms with Crippen LogP contribution in [0.25, 0.3) is 11.5 Å². The molecule has 0 aliphatic carbocycles. The van der Waals surface area contributed by atoms with Crippen LogP contribution < -0.4 is 0 Å². The van der Waals surface area contributed by atoms with E-state index in [1.807, 2.05) is 0 Å². The van der Waals surface area contributed by atoms with Crippen molar-refractivity contribution >= 4 is 0 Å². The smallest absolute Gasteiger partial charge is 0.244 e. The Bertz CT molecular complexity index is 886. The minimum absolute atomic E-state index is 0.105. The topological polar surface area (TPSA) is 67.9 Å². The third kappa shape index (κ3) is 3.45. The molecule has 0 unspecified atom stereocenters. The summed E-state index contributed by atoms with van der Waals surface area (Å²) in [5.41, 5.74) is 0.987. The van der Waals surface area contributed by atoms with Crippen LogP contribution in [0.5, 0.6) is 0 Å². The number of benzene rings is 1. The maximum atomic E-state index is 14.0. The van der Waals surface area contributed by atoms with Gasteiger partial charge >= 0.3 is 0 Å². The Hall–Kier alpha value is -2.74. The van der Waals surface area contributed by atoms with E-state index in [4.69, 9.17) is 4.52 Å². The monoisotopic (exact) mass is 357 g/mol. The fourth-order valence-electron chi connectivity index (χ4n) is 3.22. The van der Waals surface area contributed by atoms with Gasteiger partial charge in [0.1, 0.15) is 17.3 Å². The molecule has 1 aliphatic rings. The first-order valence-electron chi connectivity index (χ1n) is 8.48. The van der Waals surface area contributed by atoms with Crippen molar-refractivity contribution in [2.75, 3.05) is 6.54 Å². The van der Waals surface area contributed by atoms with Crippen molar-refractivity contribution in [3.63, 3.8) is 0 Å². The van der Waals surface area contributed by atoms with Gasteiger partial charge in [-0.2, -0.15) is 4.98 Å². The number of likely N-dealkylation sites (tertiary alicyclic amines) is 1. The van der Waals surface area contributed by atoms with Gasteiger partial charge in [-0.3, -0.25) is 9.88 Å². The Kier molecular flexibility index (Phi) is 4.66. The molecule has 4 rings (SSSR count). The summed E-state index contributed by atoms with van der Waals surface area (Å²) < 4.78 is 32.6. The average molecular weight is 357 g/mol. The fourth-order valence-corrected chi connectivity index (χ4v) is 3.22. The normalized spacial score (nSPS) is 18.2. The van der Waals surface area contributed by atoms with E-state index in [-0.39, 0.29) is 6.04 Å². The van der Waals surface area contributed by atoms with Crippen molar-refractivity contribution in [1.29, 1.82) is 0 Å². The summed E-state index contributed by atoms with van der Waals surface area (Å²) in [6.07, 6.45) is 7.58. The van der Waals surface area contributed by atoms with Crippen LogP contribution in [-0.2, 0) is 6.54 Å². The summed E-state index contributed by atoms with van der Waals surface area (Å²) in [7, 11) is 0. The van der Waals surface area contributed by atoms with Crippen LogP contribution in [0.4, 0.5) is 8.78 Å². The molecule has 6 nitrogen and oxygen atoms in total. The van der Waals surface area contributed by atoms with Gasteiger partial charge in [-0.1, -0.05) is 17.6 Å². The SMILES string of the molecule is Fc1ccc(CN2CCCC[C@H]2c2nc(-c3cnccn3)no2)c(F)c1. The largest absolute Gasteiger partial charge is 0.337 e. The molecule has 1 aromatic carbocycles. The highest BCUT2D eigenvalue weighted by Gasteiger charge is 2.29. The third-order valence-electron chi connectivity index (χ3n) is 4.52. The number of hydrogen-bond acceptors (Lipinski definition) is 6. The van der Waals surface area contributed by atoms with Crippen LogP contribution in [-0.4, -0.2) is 31.6 Å². The molecule has 1 saturated heterocycles. The zero-order valence-corrected chi connectivity index (χ0v) is 14.0. The molecule has 3 aromatic rings. The summed E-state index contributed by atoms with van der Waals surface area (Å²) in [5.74, 6) is -0.258. The lowest BCUT2D eigenvalue weighted by Gasteiger charge is -2.33. The van der Waals surface area contributed by atoms with Crippen LogP contribution in [0.2, 0.25) is 0 Å². The van der Waals surface area contributed by atoms with Crippen molar-refractivity contribution in [3.05, 3.63) is 59.9 Å². The van der Waals surface area contributed by atoms with Crippen molar-refractivity contribution < 1.29 is 13.3 Å². The summed E-state index contributed by atoms with van der Waals surface area (Å²) in [6, 6.07) is 3.56. The second kappa shape index (κ2) is 7.25. The van der Waals surface area contributed by atoms with Crippen molar-refractivity contribution in [2.45, 2.75) is 31.8 Å². The molecular formula is C18H17F2N5O. The van der Waals surface area contributed by atoms with Gasteiger partial charge in [0.15, 0.2) is 0 Å². The zero-order valence-electron chi connectivity index (χ0n) is 14.0. The first-order valence-corrected chi connectivity index (χ1v) is 8.48. The van der Waals surface area contributed by atoms with E-state index < -0.39 is 11.6 Å². The van der Waals surface area contributed by atoms with Gasteiger partial charge in [0.25, 0.3) is 0 Å². The second-order valence-electron chi connectivity index (χ2n) is 6.26. The van der Waals surface area contributed by atoms with Gasteiger partial charge < -0.3 is 4.52 Å². The van der Waals surface area contributed by atoms with Gasteiger partial charge in [0, 0.05) is 30.6 Å². The molecule has 0 radical (unpaired) electrons. The van der Waals surface area contributed by atoms with E-state index in [1.165, 1.54) is 12.1 Å². The number of nitrogens with zero attached hydrogens (tertiary/aromatic N) is 5. The Labute approximate surface area is 148 Å². The molecule has 0 N–H and O–H groups in total. The number of hydrogen-bond donors (Lipinski definition) is 0. The van der Waals surface area contributed by atoms with Gasteiger partial charge in [0.05, 0.1) is 12.2 Å². The molecule has 2 aromatic heterocycles. The predicted molar refractivity (Wildman–Crippen MR) is 88.7 cm³/mol. The lowest BCUT2D eigenvalue weighted by Crippen LogP contribution is -2.33. The lowest BCUT2D eigenvalue weighted by atomic mass is 10.0.